The molecule has 0 unspecified atom stereocenters. The lowest BCUT2D eigenvalue weighted by Gasteiger charge is -2.19. The summed E-state index contributed by atoms with van der Waals surface area (Å²) in [5.41, 5.74) is 3.02. The van der Waals surface area contributed by atoms with Crippen molar-refractivity contribution in [1.29, 1.82) is 0 Å². The Bertz CT molecular complexity index is 967. The summed E-state index contributed by atoms with van der Waals surface area (Å²) in [7, 11) is 2.01. The van der Waals surface area contributed by atoms with E-state index in [1.54, 1.807) is 10.8 Å². The molecule has 4 rings (SSSR count). The lowest BCUT2D eigenvalue weighted by molar-refractivity contribution is 0.305. The molecule has 0 saturated carbocycles. The van der Waals surface area contributed by atoms with Crippen LogP contribution in [0.5, 0.6) is 5.75 Å². The van der Waals surface area contributed by atoms with Gasteiger partial charge in [0.1, 0.15) is 12.4 Å². The van der Waals surface area contributed by atoms with E-state index >= 15 is 0 Å². The van der Waals surface area contributed by atoms with Crippen LogP contribution in [-0.2, 0) is 6.61 Å². The number of ether oxygens (including phenoxy) is 1. The number of hydrogen-bond donors (Lipinski definition) is 1. The second kappa shape index (κ2) is 8.31. The SMILES string of the molecule is CN[C@H]1CCN(c2ccc(-n3ccc(OCc4ccccc4)cc3=O)cc2)C1. The molecule has 1 N–H and O–H groups in total. The van der Waals surface area contributed by atoms with Gasteiger partial charge >= 0.3 is 0 Å². The predicted molar refractivity (Wildman–Crippen MR) is 112 cm³/mol. The Morgan fingerprint density at radius 3 is 2.46 bits per heavy atom. The van der Waals surface area contributed by atoms with Crippen LogP contribution in [0, 0.1) is 0 Å². The number of nitrogens with zero attached hydrogens (tertiary/aromatic N) is 2. The van der Waals surface area contributed by atoms with E-state index in [4.69, 9.17) is 4.74 Å². The zero-order chi connectivity index (χ0) is 19.3. The number of anilines is 1. The Hall–Kier alpha value is -3.05. The highest BCUT2D eigenvalue weighted by atomic mass is 16.5. The van der Waals surface area contributed by atoms with Crippen molar-refractivity contribution in [3.05, 3.63) is 88.8 Å². The fraction of sp³-hybridized carbons (Fsp3) is 0.261. The summed E-state index contributed by atoms with van der Waals surface area (Å²) < 4.78 is 7.38. The van der Waals surface area contributed by atoms with Crippen molar-refractivity contribution in [2.24, 2.45) is 0 Å². The normalized spacial score (nSPS) is 16.3. The maximum Gasteiger partial charge on any atom is 0.258 e. The van der Waals surface area contributed by atoms with Crippen molar-refractivity contribution in [2.45, 2.75) is 19.1 Å². The van der Waals surface area contributed by atoms with Crippen LogP contribution in [-0.4, -0.2) is 30.7 Å². The van der Waals surface area contributed by atoms with Crippen LogP contribution in [0.1, 0.15) is 12.0 Å². The zero-order valence-electron chi connectivity index (χ0n) is 16.0. The van der Waals surface area contributed by atoms with Crippen LogP contribution < -0.4 is 20.5 Å². The van der Waals surface area contributed by atoms with Crippen molar-refractivity contribution in [2.75, 3.05) is 25.0 Å². The van der Waals surface area contributed by atoms with Gasteiger partial charge in [0.15, 0.2) is 0 Å². The molecular weight excluding hydrogens is 350 g/mol. The third-order valence-corrected chi connectivity index (χ3v) is 5.23. The topological polar surface area (TPSA) is 46.5 Å². The summed E-state index contributed by atoms with van der Waals surface area (Å²) >= 11 is 0. The smallest absolute Gasteiger partial charge is 0.258 e. The largest absolute Gasteiger partial charge is 0.489 e. The van der Waals surface area contributed by atoms with Crippen molar-refractivity contribution < 1.29 is 4.74 Å². The maximum atomic E-state index is 12.5. The Labute approximate surface area is 165 Å². The van der Waals surface area contributed by atoms with Gasteiger partial charge in [0.05, 0.1) is 0 Å². The highest BCUT2D eigenvalue weighted by Gasteiger charge is 2.20. The zero-order valence-corrected chi connectivity index (χ0v) is 16.0. The molecule has 0 amide bonds. The van der Waals surface area contributed by atoms with Gasteiger partial charge in [-0.25, -0.2) is 0 Å². The molecule has 0 bridgehead atoms. The molecule has 1 aliphatic rings. The lowest BCUT2D eigenvalue weighted by Crippen LogP contribution is -2.29. The summed E-state index contributed by atoms with van der Waals surface area (Å²) in [6.45, 7) is 2.52. The molecule has 2 heterocycles. The number of nitrogens with one attached hydrogen (secondary N) is 1. The maximum absolute atomic E-state index is 12.5. The van der Waals surface area contributed by atoms with E-state index in [-0.39, 0.29) is 5.56 Å². The number of hydrogen-bond acceptors (Lipinski definition) is 4. The molecule has 0 spiro atoms. The molecule has 2 aromatic carbocycles. The van der Waals surface area contributed by atoms with Crippen LogP contribution >= 0.6 is 0 Å². The number of benzene rings is 2. The third kappa shape index (κ3) is 4.10. The van der Waals surface area contributed by atoms with Crippen LogP contribution in [0.3, 0.4) is 0 Å². The molecular formula is C23H25N3O2. The van der Waals surface area contributed by atoms with E-state index in [0.29, 0.717) is 18.4 Å². The van der Waals surface area contributed by atoms with Crippen LogP contribution in [0.2, 0.25) is 0 Å². The molecule has 5 heteroatoms. The van der Waals surface area contributed by atoms with Gasteiger partial charge in [-0.05, 0) is 49.4 Å². The van der Waals surface area contributed by atoms with E-state index in [9.17, 15) is 4.79 Å². The fourth-order valence-electron chi connectivity index (χ4n) is 3.56. The predicted octanol–water partition coefficient (Wildman–Crippen LogP) is 3.21. The molecule has 1 aromatic heterocycles. The van der Waals surface area contributed by atoms with Gasteiger partial charge in [0.2, 0.25) is 0 Å². The van der Waals surface area contributed by atoms with Gasteiger partial charge in [-0.3, -0.25) is 9.36 Å². The van der Waals surface area contributed by atoms with Gasteiger partial charge in [-0.15, -0.1) is 0 Å². The number of aromatic nitrogens is 1. The minimum Gasteiger partial charge on any atom is -0.489 e. The second-order valence-electron chi connectivity index (χ2n) is 7.08. The van der Waals surface area contributed by atoms with Gasteiger partial charge in [0.25, 0.3) is 5.56 Å². The van der Waals surface area contributed by atoms with Gasteiger partial charge in [-0.2, -0.15) is 0 Å². The van der Waals surface area contributed by atoms with Gasteiger partial charge < -0.3 is 15.0 Å². The Balaban J connectivity index is 1.45. The average molecular weight is 375 g/mol. The van der Waals surface area contributed by atoms with E-state index < -0.39 is 0 Å². The van der Waals surface area contributed by atoms with E-state index in [0.717, 1.165) is 30.8 Å². The number of pyridine rings is 1. The van der Waals surface area contributed by atoms with Crippen LogP contribution in [0.15, 0.2) is 77.7 Å². The van der Waals surface area contributed by atoms with Crippen molar-refractivity contribution in [3.63, 3.8) is 0 Å². The lowest BCUT2D eigenvalue weighted by atomic mass is 10.2. The molecule has 3 aromatic rings. The van der Waals surface area contributed by atoms with Gasteiger partial charge in [-0.1, -0.05) is 30.3 Å². The summed E-state index contributed by atoms with van der Waals surface area (Å²) in [6, 6.07) is 22.0. The number of rotatable bonds is 6. The molecule has 1 saturated heterocycles. The van der Waals surface area contributed by atoms with Crippen LogP contribution in [0.25, 0.3) is 5.69 Å². The van der Waals surface area contributed by atoms with Crippen molar-refractivity contribution in [3.8, 4) is 11.4 Å². The first-order valence-corrected chi connectivity index (χ1v) is 9.65. The van der Waals surface area contributed by atoms with E-state index in [1.807, 2.05) is 55.6 Å². The van der Waals surface area contributed by atoms with Crippen LogP contribution in [0.4, 0.5) is 5.69 Å². The molecule has 1 atom stereocenters. The standard InChI is InChI=1S/C23H25N3O2/c1-24-19-11-13-25(16-19)20-7-9-21(10-8-20)26-14-12-22(15-23(26)27)28-17-18-5-3-2-4-6-18/h2-10,12,14-15,19,24H,11,13,16-17H2,1H3/t19-/m0/s1. The average Bonchev–Trinajstić information content (AvgIpc) is 3.23. The van der Waals surface area contributed by atoms with Crippen molar-refractivity contribution >= 4 is 5.69 Å². The third-order valence-electron chi connectivity index (χ3n) is 5.23. The Kier molecular flexibility index (Phi) is 5.44. The minimum atomic E-state index is -0.102. The second-order valence-corrected chi connectivity index (χ2v) is 7.08. The minimum absolute atomic E-state index is 0.102. The van der Waals surface area contributed by atoms with Gasteiger partial charge in [0, 0.05) is 42.8 Å². The monoisotopic (exact) mass is 375 g/mol. The molecule has 1 aliphatic heterocycles. The highest BCUT2D eigenvalue weighted by molar-refractivity contribution is 5.52. The van der Waals surface area contributed by atoms with E-state index in [1.165, 1.54) is 11.8 Å². The van der Waals surface area contributed by atoms with Crippen molar-refractivity contribution in [1.82, 2.24) is 9.88 Å². The summed E-state index contributed by atoms with van der Waals surface area (Å²) in [5.74, 6) is 0.580. The Morgan fingerprint density at radius 1 is 1.04 bits per heavy atom. The molecule has 28 heavy (non-hydrogen) atoms. The quantitative estimate of drug-likeness (QED) is 0.719. The first-order valence-electron chi connectivity index (χ1n) is 9.65. The molecule has 144 valence electrons. The molecule has 0 radical (unpaired) electrons. The highest BCUT2D eigenvalue weighted by Crippen LogP contribution is 2.22. The first kappa shape index (κ1) is 18.3. The summed E-state index contributed by atoms with van der Waals surface area (Å²) in [5, 5.41) is 3.34. The molecule has 0 aliphatic carbocycles. The number of likely N-dealkylation sites (N-methyl/N-ethyl adjacent to an activating group) is 1. The molecule has 5 nitrogen and oxygen atoms in total. The molecule has 1 fully saturated rings. The summed E-state index contributed by atoms with van der Waals surface area (Å²) in [4.78, 5) is 14.9. The Morgan fingerprint density at radius 2 is 1.79 bits per heavy atom. The first-order chi connectivity index (χ1) is 13.7. The van der Waals surface area contributed by atoms with E-state index in [2.05, 4.69) is 22.3 Å². The fourth-order valence-corrected chi connectivity index (χ4v) is 3.56. The summed E-state index contributed by atoms with van der Waals surface area (Å²) in [6.07, 6.45) is 2.92.